The Labute approximate surface area is 123 Å². The fraction of sp³-hybridized carbons (Fsp3) is 0.500. The molecule has 1 saturated heterocycles. The summed E-state index contributed by atoms with van der Waals surface area (Å²) in [6.45, 7) is 7.30. The first kappa shape index (κ1) is 15.5. The fourth-order valence-electron chi connectivity index (χ4n) is 2.56. The van der Waals surface area contributed by atoms with E-state index in [9.17, 15) is 14.0 Å². The zero-order chi connectivity index (χ0) is 15.8. The first-order valence-corrected chi connectivity index (χ1v) is 6.98. The van der Waals surface area contributed by atoms with Gasteiger partial charge in [0.25, 0.3) is 0 Å². The van der Waals surface area contributed by atoms with Crippen molar-refractivity contribution in [1.29, 1.82) is 0 Å². The van der Waals surface area contributed by atoms with Gasteiger partial charge in [0.05, 0.1) is 5.56 Å². The van der Waals surface area contributed by atoms with Gasteiger partial charge in [-0.25, -0.2) is 9.18 Å². The van der Waals surface area contributed by atoms with Gasteiger partial charge in [0.1, 0.15) is 5.82 Å². The van der Waals surface area contributed by atoms with Crippen molar-refractivity contribution in [3.05, 3.63) is 35.1 Å². The van der Waals surface area contributed by atoms with Gasteiger partial charge < -0.3 is 10.0 Å². The SMILES string of the molecule is CC(C)(C)C1CC(=O)N(Cc2ccc(C(=O)O)c(F)c2)C1. The molecule has 0 bridgehead atoms. The Morgan fingerprint density at radius 3 is 2.57 bits per heavy atom. The number of benzene rings is 1. The van der Waals surface area contributed by atoms with E-state index in [0.717, 1.165) is 0 Å². The summed E-state index contributed by atoms with van der Waals surface area (Å²) in [5.41, 5.74) is 0.322. The van der Waals surface area contributed by atoms with Crippen LogP contribution in [0, 0.1) is 17.2 Å². The minimum atomic E-state index is -1.29. The molecule has 1 amide bonds. The van der Waals surface area contributed by atoms with Crippen LogP contribution in [0.25, 0.3) is 0 Å². The van der Waals surface area contributed by atoms with Crippen molar-refractivity contribution in [2.45, 2.75) is 33.7 Å². The Hall–Kier alpha value is -1.91. The number of carboxylic acids is 1. The third-order valence-electron chi connectivity index (χ3n) is 4.08. The maximum absolute atomic E-state index is 13.7. The number of aromatic carboxylic acids is 1. The van der Waals surface area contributed by atoms with Gasteiger partial charge in [-0.2, -0.15) is 0 Å². The van der Waals surface area contributed by atoms with E-state index in [1.165, 1.54) is 12.1 Å². The maximum Gasteiger partial charge on any atom is 0.338 e. The Kier molecular flexibility index (Phi) is 4.03. The van der Waals surface area contributed by atoms with Crippen LogP contribution < -0.4 is 0 Å². The predicted molar refractivity (Wildman–Crippen MR) is 76.3 cm³/mol. The predicted octanol–water partition coefficient (Wildman–Crippen LogP) is 2.92. The second kappa shape index (κ2) is 5.47. The van der Waals surface area contributed by atoms with Crippen LogP contribution in [0.3, 0.4) is 0 Å². The smallest absolute Gasteiger partial charge is 0.338 e. The van der Waals surface area contributed by atoms with Crippen molar-refractivity contribution in [3.8, 4) is 0 Å². The Morgan fingerprint density at radius 1 is 1.43 bits per heavy atom. The van der Waals surface area contributed by atoms with E-state index in [2.05, 4.69) is 20.8 Å². The highest BCUT2D eigenvalue weighted by Crippen LogP contribution is 2.34. The number of nitrogens with zero attached hydrogens (tertiary/aromatic N) is 1. The van der Waals surface area contributed by atoms with Gasteiger partial charge >= 0.3 is 5.97 Å². The van der Waals surface area contributed by atoms with Crippen LogP contribution in [0.15, 0.2) is 18.2 Å². The van der Waals surface area contributed by atoms with Gasteiger partial charge in [-0.1, -0.05) is 26.8 Å². The molecule has 1 fully saturated rings. The summed E-state index contributed by atoms with van der Waals surface area (Å²) >= 11 is 0. The van der Waals surface area contributed by atoms with Crippen LogP contribution in [-0.2, 0) is 11.3 Å². The van der Waals surface area contributed by atoms with Gasteiger partial charge in [-0.05, 0) is 29.0 Å². The van der Waals surface area contributed by atoms with Crippen molar-refractivity contribution < 1.29 is 19.1 Å². The summed E-state index contributed by atoms with van der Waals surface area (Å²) in [6.07, 6.45) is 0.513. The molecule has 0 radical (unpaired) electrons. The van der Waals surface area contributed by atoms with E-state index >= 15 is 0 Å². The fourth-order valence-corrected chi connectivity index (χ4v) is 2.56. The van der Waals surface area contributed by atoms with Gasteiger partial charge in [-0.3, -0.25) is 4.79 Å². The van der Waals surface area contributed by atoms with Crippen molar-refractivity contribution in [2.75, 3.05) is 6.54 Å². The Balaban J connectivity index is 2.11. The van der Waals surface area contributed by atoms with Crippen LogP contribution >= 0.6 is 0 Å². The van der Waals surface area contributed by atoms with Crippen LogP contribution in [0.4, 0.5) is 4.39 Å². The minimum absolute atomic E-state index is 0.0584. The largest absolute Gasteiger partial charge is 0.478 e. The van der Waals surface area contributed by atoms with Crippen molar-refractivity contribution in [1.82, 2.24) is 4.90 Å². The van der Waals surface area contributed by atoms with Crippen LogP contribution in [0.1, 0.15) is 43.1 Å². The number of carbonyl (C=O) groups excluding carboxylic acids is 1. The lowest BCUT2D eigenvalue weighted by Crippen LogP contribution is -2.27. The monoisotopic (exact) mass is 293 g/mol. The number of likely N-dealkylation sites (tertiary alicyclic amines) is 1. The number of hydrogen-bond acceptors (Lipinski definition) is 2. The molecule has 2 rings (SSSR count). The second-order valence-corrected chi connectivity index (χ2v) is 6.66. The highest BCUT2D eigenvalue weighted by atomic mass is 19.1. The number of rotatable bonds is 3. The molecule has 1 aliphatic rings. The molecule has 1 N–H and O–H groups in total. The topological polar surface area (TPSA) is 57.6 Å². The quantitative estimate of drug-likeness (QED) is 0.932. The summed E-state index contributed by atoms with van der Waals surface area (Å²) in [7, 11) is 0. The highest BCUT2D eigenvalue weighted by Gasteiger charge is 2.36. The van der Waals surface area contributed by atoms with Gasteiger partial charge in [-0.15, -0.1) is 0 Å². The molecule has 5 heteroatoms. The highest BCUT2D eigenvalue weighted by molar-refractivity contribution is 5.88. The van der Waals surface area contributed by atoms with Crippen molar-refractivity contribution in [2.24, 2.45) is 11.3 Å². The first-order chi connectivity index (χ1) is 9.68. The molecule has 21 heavy (non-hydrogen) atoms. The van der Waals surface area contributed by atoms with Crippen LogP contribution in [0.2, 0.25) is 0 Å². The second-order valence-electron chi connectivity index (χ2n) is 6.66. The molecule has 1 atom stereocenters. The summed E-state index contributed by atoms with van der Waals surface area (Å²) in [5, 5.41) is 8.80. The minimum Gasteiger partial charge on any atom is -0.478 e. The summed E-state index contributed by atoms with van der Waals surface area (Å²) < 4.78 is 13.7. The van der Waals surface area contributed by atoms with E-state index in [1.807, 2.05) is 0 Å². The standard InChI is InChI=1S/C16H20FNO3/c1-16(2,3)11-7-14(19)18(9-11)8-10-4-5-12(15(20)21)13(17)6-10/h4-6,11H,7-9H2,1-3H3,(H,20,21). The molecule has 1 aromatic rings. The van der Waals surface area contributed by atoms with E-state index in [0.29, 0.717) is 25.1 Å². The number of halogens is 1. The molecule has 1 aliphatic heterocycles. The van der Waals surface area contributed by atoms with Crippen molar-refractivity contribution in [3.63, 3.8) is 0 Å². The molecule has 0 saturated carbocycles. The zero-order valence-electron chi connectivity index (χ0n) is 12.5. The summed E-state index contributed by atoms with van der Waals surface area (Å²) in [5.74, 6) is -1.70. The molecule has 114 valence electrons. The summed E-state index contributed by atoms with van der Waals surface area (Å²) in [4.78, 5) is 24.5. The van der Waals surface area contributed by atoms with Crippen LogP contribution in [0.5, 0.6) is 0 Å². The Bertz CT molecular complexity index is 577. The average Bonchev–Trinajstić information content (AvgIpc) is 2.70. The molecular formula is C16H20FNO3. The third kappa shape index (κ3) is 3.40. The molecule has 1 heterocycles. The number of carboxylic acid groups (broad SMARTS) is 1. The van der Waals surface area contributed by atoms with E-state index in [4.69, 9.17) is 5.11 Å². The van der Waals surface area contributed by atoms with Gasteiger partial charge in [0, 0.05) is 19.5 Å². The number of carbonyl (C=O) groups is 2. The molecule has 1 aromatic carbocycles. The van der Waals surface area contributed by atoms with Crippen LogP contribution in [-0.4, -0.2) is 28.4 Å². The molecule has 0 aromatic heterocycles. The van der Waals surface area contributed by atoms with E-state index in [-0.39, 0.29) is 22.8 Å². The first-order valence-electron chi connectivity index (χ1n) is 6.98. The van der Waals surface area contributed by atoms with Gasteiger partial charge in [0.15, 0.2) is 0 Å². The number of hydrogen-bond donors (Lipinski definition) is 1. The van der Waals surface area contributed by atoms with Gasteiger partial charge in [0.2, 0.25) is 5.91 Å². The lowest BCUT2D eigenvalue weighted by Gasteiger charge is -2.26. The molecular weight excluding hydrogens is 273 g/mol. The van der Waals surface area contributed by atoms with E-state index in [1.54, 1.807) is 11.0 Å². The molecule has 0 spiro atoms. The molecule has 1 unspecified atom stereocenters. The number of amides is 1. The van der Waals surface area contributed by atoms with Crippen molar-refractivity contribution >= 4 is 11.9 Å². The molecule has 0 aliphatic carbocycles. The normalized spacial score (nSPS) is 19.1. The zero-order valence-corrected chi connectivity index (χ0v) is 12.5. The maximum atomic E-state index is 13.7. The summed E-state index contributed by atoms with van der Waals surface area (Å²) in [6, 6.07) is 4.00. The Morgan fingerprint density at radius 2 is 2.10 bits per heavy atom. The lowest BCUT2D eigenvalue weighted by atomic mass is 9.80. The average molecular weight is 293 g/mol. The van der Waals surface area contributed by atoms with E-state index < -0.39 is 11.8 Å². The molecule has 4 nitrogen and oxygen atoms in total. The lowest BCUT2D eigenvalue weighted by molar-refractivity contribution is -0.128. The third-order valence-corrected chi connectivity index (χ3v) is 4.08.